The van der Waals surface area contributed by atoms with Crippen molar-refractivity contribution in [1.82, 2.24) is 0 Å². The number of hydrogen-bond donors (Lipinski definition) is 1. The molecule has 0 saturated heterocycles. The van der Waals surface area contributed by atoms with Crippen molar-refractivity contribution >= 4 is 13.4 Å². The van der Waals surface area contributed by atoms with Crippen LogP contribution in [0.3, 0.4) is 0 Å². The van der Waals surface area contributed by atoms with Crippen molar-refractivity contribution in [1.29, 1.82) is 0 Å². The van der Waals surface area contributed by atoms with E-state index in [4.69, 9.17) is 19.5 Å². The summed E-state index contributed by atoms with van der Waals surface area (Å²) >= 11 is 0. The Morgan fingerprint density at radius 1 is 1.08 bits per heavy atom. The van der Waals surface area contributed by atoms with Crippen LogP contribution in [-0.2, 0) is 18.4 Å². The number of Topliss-reactive ketones (excluding diaryl/α,β-unsaturated/α-hetero) is 1. The second kappa shape index (κ2) is 8.77. The van der Waals surface area contributed by atoms with Gasteiger partial charge in [0.2, 0.25) is 0 Å². The van der Waals surface area contributed by atoms with E-state index >= 15 is 0 Å². The molecule has 2 N–H and O–H groups in total. The Morgan fingerprint density at radius 3 is 2.00 bits per heavy atom. The van der Waals surface area contributed by atoms with Gasteiger partial charge in [0.25, 0.3) is 0 Å². The van der Waals surface area contributed by atoms with Gasteiger partial charge in [0, 0.05) is 5.56 Å². The van der Waals surface area contributed by atoms with Crippen LogP contribution < -0.4 is 10.5 Å². The topological polar surface area (TPSA) is 87.9 Å². The van der Waals surface area contributed by atoms with Crippen molar-refractivity contribution in [2.75, 3.05) is 7.11 Å². The van der Waals surface area contributed by atoms with Crippen LogP contribution in [0.25, 0.3) is 0 Å². The average Bonchev–Trinajstić information content (AvgIpc) is 2.44. The average molecular weight is 357 g/mol. The molecule has 0 radical (unpaired) electrons. The molecule has 136 valence electrons. The van der Waals surface area contributed by atoms with E-state index in [0.717, 1.165) is 0 Å². The van der Waals surface area contributed by atoms with Crippen molar-refractivity contribution < 1.29 is 23.1 Å². The Balaban J connectivity index is 3.37. The number of ether oxygens (including phenoxy) is 1. The van der Waals surface area contributed by atoms with Crippen LogP contribution in [0.4, 0.5) is 0 Å². The molecule has 2 atom stereocenters. The molecule has 1 aromatic carbocycles. The van der Waals surface area contributed by atoms with E-state index in [1.807, 2.05) is 0 Å². The minimum atomic E-state index is -3.78. The first kappa shape index (κ1) is 20.8. The molecule has 6 nitrogen and oxygen atoms in total. The van der Waals surface area contributed by atoms with Crippen molar-refractivity contribution in [3.63, 3.8) is 0 Å². The third-order valence-corrected chi connectivity index (χ3v) is 6.11. The molecular weight excluding hydrogens is 329 g/mol. The number of rotatable bonds is 9. The standard InChI is InChI=1S/C17H28NO5P/c1-11(2)22-24(20,23-12(3)4)17(13(5)19)16(18)14-9-7-8-10-15(14)21-6/h7-12,16-17H,18H2,1-6H3. The summed E-state index contributed by atoms with van der Waals surface area (Å²) in [5.74, 6) is 0.176. The van der Waals surface area contributed by atoms with E-state index in [0.29, 0.717) is 11.3 Å². The van der Waals surface area contributed by atoms with Crippen LogP contribution in [-0.4, -0.2) is 30.8 Å². The van der Waals surface area contributed by atoms with Gasteiger partial charge in [0.05, 0.1) is 25.4 Å². The highest BCUT2D eigenvalue weighted by Crippen LogP contribution is 2.58. The van der Waals surface area contributed by atoms with Crippen LogP contribution in [0.5, 0.6) is 5.75 Å². The van der Waals surface area contributed by atoms with Crippen molar-refractivity contribution in [2.45, 2.75) is 58.5 Å². The highest BCUT2D eigenvalue weighted by atomic mass is 31.2. The number of ketones is 1. The summed E-state index contributed by atoms with van der Waals surface area (Å²) in [7, 11) is -2.26. The molecule has 0 aliphatic heterocycles. The highest BCUT2D eigenvalue weighted by Gasteiger charge is 2.46. The molecule has 2 unspecified atom stereocenters. The van der Waals surface area contributed by atoms with Gasteiger partial charge in [-0.1, -0.05) is 18.2 Å². The molecule has 0 saturated carbocycles. The normalized spacial score (nSPS) is 14.7. The monoisotopic (exact) mass is 357 g/mol. The van der Waals surface area contributed by atoms with Gasteiger partial charge >= 0.3 is 7.60 Å². The number of benzene rings is 1. The largest absolute Gasteiger partial charge is 0.496 e. The van der Waals surface area contributed by atoms with Gasteiger partial charge in [-0.15, -0.1) is 0 Å². The summed E-state index contributed by atoms with van der Waals surface area (Å²) in [6.07, 6.45) is -0.748. The van der Waals surface area contributed by atoms with Gasteiger partial charge in [0.15, 0.2) is 0 Å². The number of hydrogen-bond acceptors (Lipinski definition) is 6. The lowest BCUT2D eigenvalue weighted by Crippen LogP contribution is -2.35. The van der Waals surface area contributed by atoms with E-state index in [-0.39, 0.29) is 18.0 Å². The van der Waals surface area contributed by atoms with Crippen molar-refractivity contribution in [3.05, 3.63) is 29.8 Å². The third-order valence-electron chi connectivity index (χ3n) is 3.31. The molecule has 1 aromatic rings. The van der Waals surface area contributed by atoms with E-state index in [9.17, 15) is 9.36 Å². The fraction of sp³-hybridized carbons (Fsp3) is 0.588. The first-order valence-corrected chi connectivity index (χ1v) is 9.59. The molecule has 24 heavy (non-hydrogen) atoms. The predicted molar refractivity (Wildman–Crippen MR) is 94.4 cm³/mol. The Bertz CT molecular complexity index is 588. The fourth-order valence-corrected chi connectivity index (χ4v) is 5.01. The van der Waals surface area contributed by atoms with Gasteiger partial charge in [-0.25, -0.2) is 0 Å². The minimum Gasteiger partial charge on any atom is -0.496 e. The zero-order valence-corrected chi connectivity index (χ0v) is 16.1. The first-order chi connectivity index (χ1) is 11.1. The Hall–Kier alpha value is -1.20. The summed E-state index contributed by atoms with van der Waals surface area (Å²) in [5, 5.41) is 0. The summed E-state index contributed by atoms with van der Waals surface area (Å²) in [5.41, 5.74) is 5.79. The minimum absolute atomic E-state index is 0.349. The van der Waals surface area contributed by atoms with Gasteiger partial charge in [0.1, 0.15) is 17.2 Å². The second-order valence-corrected chi connectivity index (χ2v) is 8.23. The lowest BCUT2D eigenvalue weighted by atomic mass is 10.0. The molecule has 0 bridgehead atoms. The van der Waals surface area contributed by atoms with E-state index < -0.39 is 19.3 Å². The number of carbonyl (C=O) groups is 1. The zero-order valence-electron chi connectivity index (χ0n) is 15.2. The molecule has 0 aliphatic carbocycles. The predicted octanol–water partition coefficient (Wildman–Crippen LogP) is 3.70. The smallest absolute Gasteiger partial charge is 0.343 e. The number of methoxy groups -OCH3 is 1. The van der Waals surface area contributed by atoms with Crippen LogP contribution in [0.1, 0.15) is 46.2 Å². The fourth-order valence-electron chi connectivity index (χ4n) is 2.53. The van der Waals surface area contributed by atoms with E-state index in [1.54, 1.807) is 52.0 Å². The van der Waals surface area contributed by atoms with Gasteiger partial charge in [-0.3, -0.25) is 9.36 Å². The van der Waals surface area contributed by atoms with Crippen LogP contribution in [0.2, 0.25) is 0 Å². The first-order valence-electron chi connectivity index (χ1n) is 7.97. The van der Waals surface area contributed by atoms with Crippen LogP contribution in [0.15, 0.2) is 24.3 Å². The summed E-state index contributed by atoms with van der Waals surface area (Å²) < 4.78 is 29.9. The SMILES string of the molecule is COc1ccccc1C(N)C(C(C)=O)P(=O)(OC(C)C)OC(C)C. The van der Waals surface area contributed by atoms with Crippen molar-refractivity contribution in [2.24, 2.45) is 5.73 Å². The van der Waals surface area contributed by atoms with Crippen LogP contribution in [0, 0.1) is 0 Å². The molecule has 0 heterocycles. The molecule has 0 fully saturated rings. The van der Waals surface area contributed by atoms with Gasteiger partial charge < -0.3 is 19.5 Å². The number of nitrogens with two attached hydrogens (primary N) is 1. The third kappa shape index (κ3) is 5.15. The van der Waals surface area contributed by atoms with Crippen molar-refractivity contribution in [3.8, 4) is 5.75 Å². The molecule has 0 amide bonds. The maximum Gasteiger partial charge on any atom is 0.343 e. The van der Waals surface area contributed by atoms with Crippen LogP contribution >= 0.6 is 7.60 Å². The number of carbonyl (C=O) groups excluding carboxylic acids is 1. The highest BCUT2D eigenvalue weighted by molar-refractivity contribution is 7.55. The lowest BCUT2D eigenvalue weighted by molar-refractivity contribution is -0.117. The maximum absolute atomic E-state index is 13.4. The Kier molecular flexibility index (Phi) is 7.61. The van der Waals surface area contributed by atoms with E-state index in [2.05, 4.69) is 0 Å². The summed E-state index contributed by atoms with van der Waals surface area (Å²) in [4.78, 5) is 12.3. The summed E-state index contributed by atoms with van der Waals surface area (Å²) in [6, 6.07) is 6.19. The maximum atomic E-state index is 13.4. The Labute approximate surface area is 144 Å². The van der Waals surface area contributed by atoms with Gasteiger partial charge in [-0.05, 0) is 40.7 Å². The quantitative estimate of drug-likeness (QED) is 0.678. The molecule has 0 aliphatic rings. The Morgan fingerprint density at radius 2 is 1.58 bits per heavy atom. The van der Waals surface area contributed by atoms with Gasteiger partial charge in [-0.2, -0.15) is 0 Å². The molecular formula is C17H28NO5P. The second-order valence-electron chi connectivity index (χ2n) is 6.17. The zero-order chi connectivity index (χ0) is 18.5. The van der Waals surface area contributed by atoms with E-state index in [1.165, 1.54) is 14.0 Å². The number of para-hydroxylation sites is 1. The lowest BCUT2D eigenvalue weighted by Gasteiger charge is -2.32. The molecule has 7 heteroatoms. The molecule has 0 aromatic heterocycles. The summed E-state index contributed by atoms with van der Waals surface area (Å²) in [6.45, 7) is 8.30. The molecule has 1 rings (SSSR count). The molecule has 0 spiro atoms.